The van der Waals surface area contributed by atoms with Gasteiger partial charge in [0.2, 0.25) is 5.88 Å². The SMILES string of the molecule is CCNc1cc([N+](=O)[O-])cc(OCc2cccc(Br)c2)n1. The van der Waals surface area contributed by atoms with E-state index in [-0.39, 0.29) is 11.6 Å². The van der Waals surface area contributed by atoms with Crippen molar-refractivity contribution in [2.75, 3.05) is 11.9 Å². The molecule has 0 saturated heterocycles. The Balaban J connectivity index is 2.16. The van der Waals surface area contributed by atoms with E-state index in [4.69, 9.17) is 4.74 Å². The predicted molar refractivity (Wildman–Crippen MR) is 83.5 cm³/mol. The van der Waals surface area contributed by atoms with Gasteiger partial charge in [0.05, 0.1) is 17.1 Å². The number of ether oxygens (including phenoxy) is 1. The molecule has 2 aromatic rings. The van der Waals surface area contributed by atoms with Crippen LogP contribution in [0.4, 0.5) is 11.5 Å². The molecule has 0 radical (unpaired) electrons. The van der Waals surface area contributed by atoms with E-state index in [1.54, 1.807) is 0 Å². The molecule has 0 saturated carbocycles. The first kappa shape index (κ1) is 15.2. The maximum atomic E-state index is 10.9. The van der Waals surface area contributed by atoms with E-state index in [0.29, 0.717) is 19.0 Å². The lowest BCUT2D eigenvalue weighted by Gasteiger charge is -2.08. The Morgan fingerprint density at radius 3 is 2.86 bits per heavy atom. The first-order chi connectivity index (χ1) is 10.1. The highest BCUT2D eigenvalue weighted by atomic mass is 79.9. The van der Waals surface area contributed by atoms with Crippen LogP contribution >= 0.6 is 15.9 Å². The molecule has 0 bridgehead atoms. The van der Waals surface area contributed by atoms with E-state index in [1.807, 2.05) is 31.2 Å². The number of rotatable bonds is 6. The Kier molecular flexibility index (Phi) is 5.10. The van der Waals surface area contributed by atoms with Crippen LogP contribution in [0.2, 0.25) is 0 Å². The molecule has 2 rings (SSSR count). The Morgan fingerprint density at radius 1 is 1.38 bits per heavy atom. The van der Waals surface area contributed by atoms with Gasteiger partial charge in [0.25, 0.3) is 5.69 Å². The molecule has 0 unspecified atom stereocenters. The fourth-order valence-corrected chi connectivity index (χ4v) is 2.17. The molecule has 1 N–H and O–H groups in total. The molecule has 0 spiro atoms. The minimum absolute atomic E-state index is 0.0507. The maximum Gasteiger partial charge on any atom is 0.278 e. The van der Waals surface area contributed by atoms with Crippen LogP contribution in [0.25, 0.3) is 0 Å². The topological polar surface area (TPSA) is 77.3 Å². The van der Waals surface area contributed by atoms with Gasteiger partial charge in [-0.05, 0) is 24.6 Å². The highest BCUT2D eigenvalue weighted by Crippen LogP contribution is 2.23. The molecule has 0 fully saturated rings. The van der Waals surface area contributed by atoms with Gasteiger partial charge in [0.1, 0.15) is 12.4 Å². The quantitative estimate of drug-likeness (QED) is 0.633. The number of aromatic nitrogens is 1. The Labute approximate surface area is 130 Å². The van der Waals surface area contributed by atoms with E-state index in [9.17, 15) is 10.1 Å². The maximum absolute atomic E-state index is 10.9. The van der Waals surface area contributed by atoms with Crippen LogP contribution in [-0.4, -0.2) is 16.5 Å². The number of nitrogens with one attached hydrogen (secondary N) is 1. The van der Waals surface area contributed by atoms with Crippen LogP contribution in [0.3, 0.4) is 0 Å². The molecule has 0 aliphatic rings. The number of nitrogens with zero attached hydrogens (tertiary/aromatic N) is 2. The largest absolute Gasteiger partial charge is 0.473 e. The zero-order valence-electron chi connectivity index (χ0n) is 11.4. The van der Waals surface area contributed by atoms with E-state index < -0.39 is 4.92 Å². The van der Waals surface area contributed by atoms with Crippen LogP contribution in [-0.2, 0) is 6.61 Å². The Morgan fingerprint density at radius 2 is 2.19 bits per heavy atom. The van der Waals surface area contributed by atoms with Crippen molar-refractivity contribution in [2.45, 2.75) is 13.5 Å². The molecule has 110 valence electrons. The molecule has 0 atom stereocenters. The summed E-state index contributed by atoms with van der Waals surface area (Å²) in [5.41, 5.74) is 0.896. The van der Waals surface area contributed by atoms with Crippen LogP contribution in [0.1, 0.15) is 12.5 Å². The average Bonchev–Trinajstić information content (AvgIpc) is 2.45. The standard InChI is InChI=1S/C14H14BrN3O3/c1-2-16-13-7-12(18(19)20)8-14(17-13)21-9-10-4-3-5-11(15)6-10/h3-8H,2,9H2,1H3,(H,16,17). The average molecular weight is 352 g/mol. The molecule has 1 aromatic heterocycles. The van der Waals surface area contributed by atoms with Crippen molar-refractivity contribution in [3.63, 3.8) is 0 Å². The van der Waals surface area contributed by atoms with Crippen LogP contribution in [0.5, 0.6) is 5.88 Å². The summed E-state index contributed by atoms with van der Waals surface area (Å²) in [6, 6.07) is 10.3. The first-order valence-electron chi connectivity index (χ1n) is 6.36. The van der Waals surface area contributed by atoms with Crippen molar-refractivity contribution in [1.29, 1.82) is 0 Å². The fourth-order valence-electron chi connectivity index (χ4n) is 1.73. The Hall–Kier alpha value is -2.15. The molecule has 21 heavy (non-hydrogen) atoms. The number of benzene rings is 1. The minimum atomic E-state index is -0.464. The lowest BCUT2D eigenvalue weighted by molar-refractivity contribution is -0.384. The molecular formula is C14H14BrN3O3. The van der Waals surface area contributed by atoms with Gasteiger partial charge in [0.15, 0.2) is 0 Å². The number of pyridine rings is 1. The summed E-state index contributed by atoms with van der Waals surface area (Å²) in [5.74, 6) is 0.649. The second-order valence-electron chi connectivity index (χ2n) is 4.25. The van der Waals surface area contributed by atoms with E-state index in [2.05, 4.69) is 26.2 Å². The molecule has 7 heteroatoms. The molecule has 0 amide bonds. The van der Waals surface area contributed by atoms with Crippen molar-refractivity contribution in [3.8, 4) is 5.88 Å². The zero-order chi connectivity index (χ0) is 15.2. The molecule has 6 nitrogen and oxygen atoms in total. The molecule has 1 heterocycles. The van der Waals surface area contributed by atoms with Crippen molar-refractivity contribution in [1.82, 2.24) is 4.98 Å². The summed E-state index contributed by atoms with van der Waals surface area (Å²) in [5, 5.41) is 13.9. The Bertz CT molecular complexity index is 649. The van der Waals surface area contributed by atoms with Crippen LogP contribution in [0, 0.1) is 10.1 Å². The van der Waals surface area contributed by atoms with Gasteiger partial charge in [-0.2, -0.15) is 4.98 Å². The zero-order valence-corrected chi connectivity index (χ0v) is 13.0. The first-order valence-corrected chi connectivity index (χ1v) is 7.15. The van der Waals surface area contributed by atoms with Crippen molar-refractivity contribution < 1.29 is 9.66 Å². The van der Waals surface area contributed by atoms with E-state index in [1.165, 1.54) is 12.1 Å². The molecule has 0 aliphatic carbocycles. The minimum Gasteiger partial charge on any atom is -0.473 e. The van der Waals surface area contributed by atoms with Crippen molar-refractivity contribution in [2.24, 2.45) is 0 Å². The number of hydrogen-bond acceptors (Lipinski definition) is 5. The number of halogens is 1. The number of hydrogen-bond donors (Lipinski definition) is 1. The highest BCUT2D eigenvalue weighted by molar-refractivity contribution is 9.10. The van der Waals surface area contributed by atoms with Gasteiger partial charge in [-0.1, -0.05) is 28.1 Å². The molecular weight excluding hydrogens is 338 g/mol. The van der Waals surface area contributed by atoms with Gasteiger partial charge in [-0.15, -0.1) is 0 Å². The van der Waals surface area contributed by atoms with Gasteiger partial charge >= 0.3 is 0 Å². The van der Waals surface area contributed by atoms with Crippen LogP contribution < -0.4 is 10.1 Å². The van der Waals surface area contributed by atoms with E-state index >= 15 is 0 Å². The van der Waals surface area contributed by atoms with Crippen molar-refractivity contribution >= 4 is 27.4 Å². The summed E-state index contributed by atoms with van der Waals surface area (Å²) in [4.78, 5) is 14.6. The highest BCUT2D eigenvalue weighted by Gasteiger charge is 2.12. The summed E-state index contributed by atoms with van der Waals surface area (Å²) in [6.07, 6.45) is 0. The smallest absolute Gasteiger partial charge is 0.278 e. The number of anilines is 1. The third-order valence-corrected chi connectivity index (χ3v) is 3.12. The van der Waals surface area contributed by atoms with E-state index in [0.717, 1.165) is 10.0 Å². The number of nitro groups is 1. The monoisotopic (exact) mass is 351 g/mol. The second-order valence-corrected chi connectivity index (χ2v) is 5.17. The van der Waals surface area contributed by atoms with Gasteiger partial charge in [-0.3, -0.25) is 10.1 Å². The third kappa shape index (κ3) is 4.42. The summed E-state index contributed by atoms with van der Waals surface area (Å²) < 4.78 is 6.50. The second kappa shape index (κ2) is 7.03. The van der Waals surface area contributed by atoms with Gasteiger partial charge < -0.3 is 10.1 Å². The molecule has 1 aromatic carbocycles. The lowest BCUT2D eigenvalue weighted by atomic mass is 10.2. The predicted octanol–water partition coefficient (Wildman–Crippen LogP) is 3.76. The summed E-state index contributed by atoms with van der Waals surface area (Å²) in [7, 11) is 0. The third-order valence-electron chi connectivity index (χ3n) is 2.63. The van der Waals surface area contributed by atoms with Gasteiger partial charge in [0, 0.05) is 11.0 Å². The van der Waals surface area contributed by atoms with Gasteiger partial charge in [-0.25, -0.2) is 0 Å². The van der Waals surface area contributed by atoms with Crippen LogP contribution in [0.15, 0.2) is 40.9 Å². The summed E-state index contributed by atoms with van der Waals surface area (Å²) >= 11 is 3.38. The normalized spacial score (nSPS) is 10.2. The fraction of sp³-hybridized carbons (Fsp3) is 0.214. The summed E-state index contributed by atoms with van der Waals surface area (Å²) in [6.45, 7) is 2.81. The lowest BCUT2D eigenvalue weighted by Crippen LogP contribution is -2.03. The molecule has 0 aliphatic heterocycles. The van der Waals surface area contributed by atoms with Crippen molar-refractivity contribution in [3.05, 3.63) is 56.5 Å².